The van der Waals surface area contributed by atoms with Crippen molar-refractivity contribution in [1.29, 1.82) is 0 Å². The van der Waals surface area contributed by atoms with Crippen LogP contribution in [0.3, 0.4) is 0 Å². The summed E-state index contributed by atoms with van der Waals surface area (Å²) in [4.78, 5) is 32.2. The van der Waals surface area contributed by atoms with Crippen LogP contribution in [0.2, 0.25) is 0 Å². The molecule has 0 aliphatic rings. The van der Waals surface area contributed by atoms with Gasteiger partial charge in [-0.3, -0.25) is 19.7 Å². The number of benzene rings is 1. The summed E-state index contributed by atoms with van der Waals surface area (Å²) in [5.74, 6) is -0.912. The first kappa shape index (κ1) is 16.6. The lowest BCUT2D eigenvalue weighted by Gasteiger charge is -2.10. The fourth-order valence-electron chi connectivity index (χ4n) is 1.78. The second kappa shape index (κ2) is 7.98. The van der Waals surface area contributed by atoms with E-state index in [4.69, 9.17) is 5.11 Å². The lowest BCUT2D eigenvalue weighted by molar-refractivity contribution is -0.384. The molecule has 0 spiro atoms. The lowest BCUT2D eigenvalue weighted by atomic mass is 10.0. The van der Waals surface area contributed by atoms with Crippen molar-refractivity contribution in [1.82, 2.24) is 5.32 Å². The number of nitro benzene ring substituents is 1. The Morgan fingerprint density at radius 3 is 2.43 bits per heavy atom. The van der Waals surface area contributed by atoms with Gasteiger partial charge in [0.1, 0.15) is 0 Å². The summed E-state index contributed by atoms with van der Waals surface area (Å²) in [7, 11) is 0. The van der Waals surface area contributed by atoms with E-state index in [1.807, 2.05) is 6.92 Å². The maximum Gasteiger partial charge on any atom is 0.303 e. The first-order chi connectivity index (χ1) is 9.90. The molecule has 0 radical (unpaired) electrons. The molecule has 114 valence electrons. The number of aliphatic carboxylic acids is 1. The van der Waals surface area contributed by atoms with Crippen molar-refractivity contribution in [3.63, 3.8) is 0 Å². The summed E-state index contributed by atoms with van der Waals surface area (Å²) in [6, 6.07) is 5.37. The van der Waals surface area contributed by atoms with Gasteiger partial charge in [0, 0.05) is 30.7 Å². The van der Waals surface area contributed by atoms with Crippen molar-refractivity contribution in [3.05, 3.63) is 39.9 Å². The van der Waals surface area contributed by atoms with E-state index in [0.29, 0.717) is 24.9 Å². The van der Waals surface area contributed by atoms with Gasteiger partial charge in [0.25, 0.3) is 11.6 Å². The number of rotatable bonds is 8. The molecule has 0 aliphatic heterocycles. The molecule has 1 atom stereocenters. The lowest BCUT2D eigenvalue weighted by Crippen LogP contribution is -2.25. The number of nitrogens with zero attached hydrogens (tertiary/aromatic N) is 1. The quantitative estimate of drug-likeness (QED) is 0.564. The average Bonchev–Trinajstić information content (AvgIpc) is 2.45. The van der Waals surface area contributed by atoms with Crippen molar-refractivity contribution in [2.24, 2.45) is 5.92 Å². The minimum atomic E-state index is -0.822. The molecule has 1 aromatic rings. The van der Waals surface area contributed by atoms with Crippen molar-refractivity contribution < 1.29 is 19.6 Å². The van der Waals surface area contributed by atoms with Gasteiger partial charge < -0.3 is 10.4 Å². The molecule has 7 nitrogen and oxygen atoms in total. The van der Waals surface area contributed by atoms with Crippen molar-refractivity contribution in [3.8, 4) is 0 Å². The standard InChI is InChI=1S/C14H18N2O5/c1-10(2-7-13(17)18)8-9-15-14(19)11-3-5-12(6-4-11)16(20)21/h3-6,10H,2,7-9H2,1H3,(H,15,19)(H,17,18). The molecular weight excluding hydrogens is 276 g/mol. The Morgan fingerprint density at radius 1 is 1.29 bits per heavy atom. The smallest absolute Gasteiger partial charge is 0.303 e. The summed E-state index contributed by atoms with van der Waals surface area (Å²) in [6.07, 6.45) is 1.38. The Morgan fingerprint density at radius 2 is 1.90 bits per heavy atom. The van der Waals surface area contributed by atoms with E-state index in [0.717, 1.165) is 0 Å². The van der Waals surface area contributed by atoms with Gasteiger partial charge in [-0.2, -0.15) is 0 Å². The Hall–Kier alpha value is -2.44. The van der Waals surface area contributed by atoms with E-state index in [2.05, 4.69) is 5.32 Å². The summed E-state index contributed by atoms with van der Waals surface area (Å²) in [5.41, 5.74) is 0.299. The molecule has 2 N–H and O–H groups in total. The van der Waals surface area contributed by atoms with Gasteiger partial charge in [-0.05, 0) is 30.9 Å². The molecule has 21 heavy (non-hydrogen) atoms. The van der Waals surface area contributed by atoms with Gasteiger partial charge in [0.15, 0.2) is 0 Å². The highest BCUT2D eigenvalue weighted by atomic mass is 16.6. The molecule has 0 bridgehead atoms. The Bertz CT molecular complexity index is 513. The monoisotopic (exact) mass is 294 g/mol. The average molecular weight is 294 g/mol. The molecule has 1 amide bonds. The predicted octanol–water partition coefficient (Wildman–Crippen LogP) is 2.22. The highest BCUT2D eigenvalue weighted by Gasteiger charge is 2.10. The van der Waals surface area contributed by atoms with Crippen LogP contribution in [-0.2, 0) is 4.79 Å². The normalized spacial score (nSPS) is 11.7. The third kappa shape index (κ3) is 6.03. The zero-order valence-electron chi connectivity index (χ0n) is 11.7. The summed E-state index contributed by atoms with van der Waals surface area (Å²) >= 11 is 0. The molecule has 0 fully saturated rings. The van der Waals surface area contributed by atoms with Crippen LogP contribution in [-0.4, -0.2) is 28.5 Å². The summed E-state index contributed by atoms with van der Waals surface area (Å²) in [6.45, 7) is 2.37. The van der Waals surface area contributed by atoms with Crippen LogP contribution in [0.1, 0.15) is 36.5 Å². The first-order valence-corrected chi connectivity index (χ1v) is 6.64. The number of non-ortho nitro benzene ring substituents is 1. The maximum atomic E-state index is 11.8. The number of carbonyl (C=O) groups is 2. The molecular formula is C14H18N2O5. The van der Waals surface area contributed by atoms with Gasteiger partial charge in [0.05, 0.1) is 4.92 Å². The molecule has 1 unspecified atom stereocenters. The number of carboxylic acids is 1. The third-order valence-electron chi connectivity index (χ3n) is 3.11. The highest BCUT2D eigenvalue weighted by molar-refractivity contribution is 5.94. The van der Waals surface area contributed by atoms with E-state index in [9.17, 15) is 19.7 Å². The second-order valence-electron chi connectivity index (χ2n) is 4.89. The van der Waals surface area contributed by atoms with E-state index < -0.39 is 10.9 Å². The number of nitro groups is 1. The SMILES string of the molecule is CC(CCNC(=O)c1ccc([N+](=O)[O-])cc1)CCC(=O)O. The second-order valence-corrected chi connectivity index (χ2v) is 4.89. The van der Waals surface area contributed by atoms with Crippen LogP contribution >= 0.6 is 0 Å². The number of hydrogen-bond donors (Lipinski definition) is 2. The minimum Gasteiger partial charge on any atom is -0.481 e. The van der Waals surface area contributed by atoms with E-state index >= 15 is 0 Å². The van der Waals surface area contributed by atoms with Crippen LogP contribution < -0.4 is 5.32 Å². The van der Waals surface area contributed by atoms with Crippen LogP contribution in [0.4, 0.5) is 5.69 Å². The van der Waals surface area contributed by atoms with Crippen LogP contribution in [0.25, 0.3) is 0 Å². The fraction of sp³-hybridized carbons (Fsp3) is 0.429. The maximum absolute atomic E-state index is 11.8. The van der Waals surface area contributed by atoms with Gasteiger partial charge in [-0.1, -0.05) is 6.92 Å². The molecule has 1 rings (SSSR count). The number of carboxylic acid groups (broad SMARTS) is 1. The van der Waals surface area contributed by atoms with Gasteiger partial charge >= 0.3 is 5.97 Å². The van der Waals surface area contributed by atoms with Crippen LogP contribution in [0.5, 0.6) is 0 Å². The third-order valence-corrected chi connectivity index (χ3v) is 3.11. The summed E-state index contributed by atoms with van der Waals surface area (Å²) < 4.78 is 0. The first-order valence-electron chi connectivity index (χ1n) is 6.64. The van der Waals surface area contributed by atoms with E-state index in [1.54, 1.807) is 0 Å². The highest BCUT2D eigenvalue weighted by Crippen LogP contribution is 2.12. The molecule has 7 heteroatoms. The Labute approximate surface area is 122 Å². The van der Waals surface area contributed by atoms with Gasteiger partial charge in [-0.25, -0.2) is 0 Å². The van der Waals surface area contributed by atoms with Crippen LogP contribution in [0, 0.1) is 16.0 Å². The number of nitrogens with one attached hydrogen (secondary N) is 1. The minimum absolute atomic E-state index is 0.0613. The Balaban J connectivity index is 2.36. The molecule has 1 aromatic carbocycles. The zero-order valence-corrected chi connectivity index (χ0v) is 11.7. The molecule has 0 saturated carbocycles. The topological polar surface area (TPSA) is 110 Å². The largest absolute Gasteiger partial charge is 0.481 e. The Kier molecular flexibility index (Phi) is 6.32. The molecule has 0 heterocycles. The van der Waals surface area contributed by atoms with E-state index in [1.165, 1.54) is 24.3 Å². The molecule has 0 aliphatic carbocycles. The number of hydrogen-bond acceptors (Lipinski definition) is 4. The summed E-state index contributed by atoms with van der Waals surface area (Å²) in [5, 5.41) is 21.8. The molecule has 0 aromatic heterocycles. The predicted molar refractivity (Wildman–Crippen MR) is 76.1 cm³/mol. The molecule has 0 saturated heterocycles. The van der Waals surface area contributed by atoms with Crippen molar-refractivity contribution in [2.45, 2.75) is 26.2 Å². The fourth-order valence-corrected chi connectivity index (χ4v) is 1.78. The van der Waals surface area contributed by atoms with Crippen molar-refractivity contribution >= 4 is 17.6 Å². The van der Waals surface area contributed by atoms with Crippen molar-refractivity contribution in [2.75, 3.05) is 6.54 Å². The number of amides is 1. The van der Waals surface area contributed by atoms with E-state index in [-0.39, 0.29) is 23.9 Å². The van der Waals surface area contributed by atoms with Crippen LogP contribution in [0.15, 0.2) is 24.3 Å². The van der Waals surface area contributed by atoms with Gasteiger partial charge in [0.2, 0.25) is 0 Å². The van der Waals surface area contributed by atoms with Gasteiger partial charge in [-0.15, -0.1) is 0 Å². The number of carbonyl (C=O) groups excluding carboxylic acids is 1. The zero-order chi connectivity index (χ0) is 15.8.